The SMILES string of the molecule is Cc1cnc2c(c1)c(C#N)c(-c1ccc(S(=O)(=O)NC(C)C(F)(F)F)cn1)n2-c1cncnc1. The van der Waals surface area contributed by atoms with Gasteiger partial charge in [-0.15, -0.1) is 0 Å². The molecule has 4 heterocycles. The van der Waals surface area contributed by atoms with Crippen LogP contribution in [0, 0.1) is 18.3 Å². The maximum absolute atomic E-state index is 12.8. The molecule has 0 aliphatic carbocycles. The summed E-state index contributed by atoms with van der Waals surface area (Å²) in [7, 11) is -4.49. The summed E-state index contributed by atoms with van der Waals surface area (Å²) in [5.74, 6) is 0. The van der Waals surface area contributed by atoms with Crippen molar-refractivity contribution in [2.75, 3.05) is 0 Å². The zero-order chi connectivity index (χ0) is 24.7. The second-order valence-corrected chi connectivity index (χ2v) is 9.13. The van der Waals surface area contributed by atoms with Gasteiger partial charge in [-0.2, -0.15) is 23.2 Å². The molecule has 174 valence electrons. The zero-order valence-corrected chi connectivity index (χ0v) is 18.6. The van der Waals surface area contributed by atoms with Gasteiger partial charge in [-0.25, -0.2) is 23.4 Å². The van der Waals surface area contributed by atoms with Gasteiger partial charge in [0.25, 0.3) is 0 Å². The first-order valence-corrected chi connectivity index (χ1v) is 11.2. The van der Waals surface area contributed by atoms with E-state index in [-0.39, 0.29) is 11.3 Å². The summed E-state index contributed by atoms with van der Waals surface area (Å²) < 4.78 is 66.4. The highest BCUT2D eigenvalue weighted by Gasteiger charge is 2.39. The predicted octanol–water partition coefficient (Wildman–Crippen LogP) is 3.29. The Labute approximate surface area is 192 Å². The third kappa shape index (κ3) is 4.20. The molecule has 0 radical (unpaired) electrons. The van der Waals surface area contributed by atoms with Crippen molar-refractivity contribution in [3.8, 4) is 23.1 Å². The fraction of sp³-hybridized carbons (Fsp3) is 0.190. The van der Waals surface area contributed by atoms with Gasteiger partial charge in [-0.05, 0) is 37.6 Å². The second-order valence-electron chi connectivity index (χ2n) is 7.42. The molecule has 0 aliphatic rings. The highest BCUT2D eigenvalue weighted by atomic mass is 32.2. The van der Waals surface area contributed by atoms with Gasteiger partial charge in [0.2, 0.25) is 10.0 Å². The van der Waals surface area contributed by atoms with Crippen LogP contribution in [0.5, 0.6) is 0 Å². The summed E-state index contributed by atoms with van der Waals surface area (Å²) in [4.78, 5) is 16.2. The van der Waals surface area contributed by atoms with E-state index in [9.17, 15) is 26.9 Å². The second kappa shape index (κ2) is 8.47. The Balaban J connectivity index is 1.87. The molecule has 0 saturated heterocycles. The van der Waals surface area contributed by atoms with Crippen LogP contribution >= 0.6 is 0 Å². The molecule has 34 heavy (non-hydrogen) atoms. The molecule has 0 fully saturated rings. The van der Waals surface area contributed by atoms with Crippen LogP contribution in [0.2, 0.25) is 0 Å². The summed E-state index contributed by atoms with van der Waals surface area (Å²) >= 11 is 0. The fourth-order valence-corrected chi connectivity index (χ4v) is 4.50. The third-order valence-corrected chi connectivity index (χ3v) is 6.50. The number of hydrogen-bond donors (Lipinski definition) is 1. The molecule has 4 aromatic rings. The smallest absolute Gasteiger partial charge is 0.288 e. The van der Waals surface area contributed by atoms with Crippen LogP contribution in [0.25, 0.3) is 28.1 Å². The van der Waals surface area contributed by atoms with Crippen molar-refractivity contribution in [1.29, 1.82) is 5.26 Å². The number of aryl methyl sites for hydroxylation is 1. The van der Waals surface area contributed by atoms with Gasteiger partial charge in [0, 0.05) is 17.8 Å². The summed E-state index contributed by atoms with van der Waals surface area (Å²) in [6.45, 7) is 2.52. The average molecular weight is 487 g/mol. The maximum atomic E-state index is 12.8. The molecule has 0 aromatic carbocycles. The van der Waals surface area contributed by atoms with Gasteiger partial charge < -0.3 is 0 Å². The monoisotopic (exact) mass is 487 g/mol. The van der Waals surface area contributed by atoms with E-state index in [1.165, 1.54) is 24.8 Å². The topological polar surface area (TPSA) is 126 Å². The number of nitriles is 1. The Hall–Kier alpha value is -3.89. The van der Waals surface area contributed by atoms with Crippen LogP contribution in [-0.2, 0) is 10.0 Å². The van der Waals surface area contributed by atoms with Crippen molar-refractivity contribution >= 4 is 21.1 Å². The lowest BCUT2D eigenvalue weighted by molar-refractivity contribution is -0.147. The Morgan fingerprint density at radius 3 is 2.41 bits per heavy atom. The van der Waals surface area contributed by atoms with Gasteiger partial charge in [0.05, 0.1) is 35.0 Å². The molecule has 4 aromatic heterocycles. The molecule has 4 rings (SSSR count). The number of hydrogen-bond acceptors (Lipinski definition) is 7. The van der Waals surface area contributed by atoms with E-state index in [0.29, 0.717) is 29.3 Å². The third-order valence-electron chi connectivity index (χ3n) is 4.97. The minimum Gasteiger partial charge on any atom is -0.288 e. The molecular weight excluding hydrogens is 471 g/mol. The molecule has 13 heteroatoms. The molecular formula is C21H16F3N7O2S. The van der Waals surface area contributed by atoms with Gasteiger partial charge >= 0.3 is 6.18 Å². The molecule has 0 spiro atoms. The lowest BCUT2D eigenvalue weighted by Crippen LogP contribution is -2.42. The molecule has 1 unspecified atom stereocenters. The number of halogens is 3. The molecule has 1 atom stereocenters. The normalized spacial score (nSPS) is 13.1. The van der Waals surface area contributed by atoms with E-state index in [1.807, 2.05) is 6.92 Å². The first kappa shape index (κ1) is 23.3. The van der Waals surface area contributed by atoms with Crippen LogP contribution < -0.4 is 4.72 Å². The van der Waals surface area contributed by atoms with Gasteiger partial charge in [0.1, 0.15) is 29.0 Å². The number of pyridine rings is 2. The average Bonchev–Trinajstić information content (AvgIpc) is 3.12. The van der Waals surface area contributed by atoms with Crippen LogP contribution in [-0.4, -0.2) is 45.1 Å². The van der Waals surface area contributed by atoms with Crippen molar-refractivity contribution in [1.82, 2.24) is 29.2 Å². The number of sulfonamides is 1. The van der Waals surface area contributed by atoms with E-state index < -0.39 is 27.1 Å². The highest BCUT2D eigenvalue weighted by Crippen LogP contribution is 2.34. The van der Waals surface area contributed by atoms with Crippen LogP contribution in [0.15, 0.2) is 54.2 Å². The van der Waals surface area contributed by atoms with Crippen molar-refractivity contribution in [3.05, 3.63) is 60.4 Å². The van der Waals surface area contributed by atoms with E-state index in [1.54, 1.807) is 21.6 Å². The van der Waals surface area contributed by atoms with Crippen LogP contribution in [0.4, 0.5) is 13.2 Å². The molecule has 0 saturated carbocycles. The van der Waals surface area contributed by atoms with E-state index in [2.05, 4.69) is 26.0 Å². The summed E-state index contributed by atoms with van der Waals surface area (Å²) in [5.41, 5.74) is 2.49. The molecule has 0 aliphatic heterocycles. The van der Waals surface area contributed by atoms with E-state index >= 15 is 0 Å². The van der Waals surface area contributed by atoms with Crippen LogP contribution in [0.1, 0.15) is 18.1 Å². The summed E-state index contributed by atoms with van der Waals surface area (Å²) in [5, 5.41) is 10.5. The first-order chi connectivity index (χ1) is 16.0. The van der Waals surface area contributed by atoms with E-state index in [4.69, 9.17) is 0 Å². The lowest BCUT2D eigenvalue weighted by Gasteiger charge is -2.17. The molecule has 0 bridgehead atoms. The van der Waals surface area contributed by atoms with Gasteiger partial charge in [-0.1, -0.05) is 0 Å². The molecule has 1 N–H and O–H groups in total. The van der Waals surface area contributed by atoms with Crippen molar-refractivity contribution in [2.24, 2.45) is 0 Å². The summed E-state index contributed by atoms with van der Waals surface area (Å²) in [6, 6.07) is 4.08. The quantitative estimate of drug-likeness (QED) is 0.458. The van der Waals surface area contributed by atoms with Crippen molar-refractivity contribution in [3.63, 3.8) is 0 Å². The minimum absolute atomic E-state index is 0.207. The van der Waals surface area contributed by atoms with E-state index in [0.717, 1.165) is 17.8 Å². The predicted molar refractivity (Wildman–Crippen MR) is 115 cm³/mol. The van der Waals surface area contributed by atoms with Gasteiger partial charge in [-0.3, -0.25) is 9.55 Å². The van der Waals surface area contributed by atoms with Gasteiger partial charge in [0.15, 0.2) is 0 Å². The largest absolute Gasteiger partial charge is 0.404 e. The minimum atomic E-state index is -4.74. The first-order valence-electron chi connectivity index (χ1n) is 9.75. The highest BCUT2D eigenvalue weighted by molar-refractivity contribution is 7.89. The zero-order valence-electron chi connectivity index (χ0n) is 17.7. The van der Waals surface area contributed by atoms with Crippen molar-refractivity contribution in [2.45, 2.75) is 31.0 Å². The Morgan fingerprint density at radius 2 is 1.82 bits per heavy atom. The number of nitrogens with zero attached hydrogens (tertiary/aromatic N) is 6. The van der Waals surface area contributed by atoms with Crippen LogP contribution in [0.3, 0.4) is 0 Å². The number of fused-ring (bicyclic) bond motifs is 1. The Kier molecular flexibility index (Phi) is 5.80. The fourth-order valence-electron chi connectivity index (χ4n) is 3.33. The number of rotatable bonds is 5. The standard InChI is InChI=1S/C21H16F3N7O2S/c1-12-5-16-17(6-25)19(31(20(16)29-7-12)14-8-26-11-27-9-14)18-4-3-15(10-28-18)34(32,33)30-13(2)21(22,23)24/h3-5,7-11,13,30H,1-2H3. The lowest BCUT2D eigenvalue weighted by atomic mass is 10.1. The Morgan fingerprint density at radius 1 is 1.12 bits per heavy atom. The molecule has 9 nitrogen and oxygen atoms in total. The van der Waals surface area contributed by atoms with Crippen molar-refractivity contribution < 1.29 is 21.6 Å². The molecule has 0 amide bonds. The number of nitrogens with one attached hydrogen (secondary N) is 1. The summed E-state index contributed by atoms with van der Waals surface area (Å²) in [6.07, 6.45) is 2.19. The number of aromatic nitrogens is 5. The maximum Gasteiger partial charge on any atom is 0.404 e. The Bertz CT molecular complexity index is 1510. The number of alkyl halides is 3.